The number of hydrogen-bond acceptors (Lipinski definition) is 7. The van der Waals surface area contributed by atoms with Gasteiger partial charge < -0.3 is 24.7 Å². The summed E-state index contributed by atoms with van der Waals surface area (Å²) in [6.45, 7) is 2.78. The van der Waals surface area contributed by atoms with Crippen molar-refractivity contribution in [1.29, 1.82) is 0 Å². The summed E-state index contributed by atoms with van der Waals surface area (Å²) < 4.78 is 30.0. The van der Waals surface area contributed by atoms with Gasteiger partial charge in [-0.15, -0.1) is 0 Å². The van der Waals surface area contributed by atoms with Crippen LogP contribution < -0.4 is 15.9 Å². The molecule has 1 atom stereocenters. The van der Waals surface area contributed by atoms with Gasteiger partial charge in [0.05, 0.1) is 12.0 Å². The molecule has 142 valence electrons. The molecular formula is C19H18FNO6. The largest absolute Gasteiger partial charge is 0.459 e. The molecule has 7 nitrogen and oxygen atoms in total. The van der Waals surface area contributed by atoms with Crippen molar-refractivity contribution in [2.24, 2.45) is 5.73 Å². The summed E-state index contributed by atoms with van der Waals surface area (Å²) in [5, 5.41) is 9.35. The number of nitrogens with two attached hydrogens (primary N) is 1. The first kappa shape index (κ1) is 18.7. The average molecular weight is 375 g/mol. The fourth-order valence-corrected chi connectivity index (χ4v) is 2.86. The number of hydrogen-bond donors (Lipinski definition) is 2. The molecule has 0 bridgehead atoms. The number of aliphatic hydroxyl groups is 1. The Morgan fingerprint density at radius 2 is 2.11 bits per heavy atom. The van der Waals surface area contributed by atoms with Crippen LogP contribution in [-0.4, -0.2) is 17.2 Å². The van der Waals surface area contributed by atoms with Crippen LogP contribution in [0, 0.1) is 5.82 Å². The van der Waals surface area contributed by atoms with Crippen LogP contribution in [0.25, 0.3) is 0 Å². The van der Waals surface area contributed by atoms with E-state index in [4.69, 9.17) is 19.6 Å². The normalized spacial score (nSPS) is 16.1. The maximum atomic E-state index is 13.8. The third kappa shape index (κ3) is 3.56. The van der Waals surface area contributed by atoms with Crippen LogP contribution in [0.3, 0.4) is 0 Å². The van der Waals surface area contributed by atoms with Crippen LogP contribution in [0.2, 0.25) is 0 Å². The summed E-state index contributed by atoms with van der Waals surface area (Å²) in [6, 6.07) is 6.51. The zero-order chi connectivity index (χ0) is 19.7. The monoisotopic (exact) mass is 375 g/mol. The van der Waals surface area contributed by atoms with Gasteiger partial charge in [0, 0.05) is 6.07 Å². The molecule has 1 aliphatic rings. The molecular weight excluding hydrogens is 357 g/mol. The third-order valence-corrected chi connectivity index (χ3v) is 3.91. The summed E-state index contributed by atoms with van der Waals surface area (Å²) >= 11 is 0. The molecule has 0 spiro atoms. The Morgan fingerprint density at radius 3 is 2.74 bits per heavy atom. The Kier molecular flexibility index (Phi) is 5.00. The highest BCUT2D eigenvalue weighted by molar-refractivity contribution is 5.92. The maximum Gasteiger partial charge on any atom is 0.340 e. The van der Waals surface area contributed by atoms with Gasteiger partial charge in [-0.25, -0.2) is 9.18 Å². The second kappa shape index (κ2) is 7.24. The lowest BCUT2D eigenvalue weighted by molar-refractivity contribution is -0.143. The minimum absolute atomic E-state index is 0.0270. The third-order valence-electron chi connectivity index (χ3n) is 3.91. The lowest BCUT2D eigenvalue weighted by Gasteiger charge is -2.27. The fraction of sp³-hybridized carbons (Fsp3) is 0.263. The first-order chi connectivity index (χ1) is 12.8. The van der Waals surface area contributed by atoms with Crippen LogP contribution in [-0.2, 0) is 16.1 Å². The van der Waals surface area contributed by atoms with Gasteiger partial charge in [0.15, 0.2) is 5.76 Å². The molecule has 0 saturated carbocycles. The van der Waals surface area contributed by atoms with Gasteiger partial charge in [-0.1, -0.05) is 12.1 Å². The van der Waals surface area contributed by atoms with E-state index in [2.05, 4.69) is 0 Å². The first-order valence-corrected chi connectivity index (χ1v) is 8.23. The van der Waals surface area contributed by atoms with E-state index in [9.17, 15) is 19.1 Å². The number of fused-ring (bicyclic) bond motifs is 1. The van der Waals surface area contributed by atoms with E-state index in [1.807, 2.05) is 0 Å². The molecule has 1 aromatic carbocycles. The van der Waals surface area contributed by atoms with Gasteiger partial charge in [0.2, 0.25) is 17.1 Å². The highest BCUT2D eigenvalue weighted by atomic mass is 19.1. The summed E-state index contributed by atoms with van der Waals surface area (Å²) in [5.74, 6) is -2.99. The van der Waals surface area contributed by atoms with E-state index in [0.29, 0.717) is 5.56 Å². The summed E-state index contributed by atoms with van der Waals surface area (Å²) in [4.78, 5) is 25.0. The van der Waals surface area contributed by atoms with Gasteiger partial charge in [-0.2, -0.15) is 0 Å². The molecule has 3 rings (SSSR count). The van der Waals surface area contributed by atoms with E-state index >= 15 is 0 Å². The predicted octanol–water partition coefficient (Wildman–Crippen LogP) is 1.92. The van der Waals surface area contributed by atoms with Crippen LogP contribution >= 0.6 is 0 Å². The van der Waals surface area contributed by atoms with Crippen molar-refractivity contribution in [2.75, 3.05) is 0 Å². The highest BCUT2D eigenvalue weighted by Crippen LogP contribution is 2.41. The van der Waals surface area contributed by atoms with E-state index < -0.39 is 35.8 Å². The van der Waals surface area contributed by atoms with Gasteiger partial charge in [-0.05, 0) is 31.5 Å². The Labute approximate surface area is 153 Å². The van der Waals surface area contributed by atoms with Crippen LogP contribution in [0.4, 0.5) is 4.39 Å². The zero-order valence-electron chi connectivity index (χ0n) is 14.7. The fourth-order valence-electron chi connectivity index (χ4n) is 2.86. The molecule has 1 aliphatic heterocycles. The van der Waals surface area contributed by atoms with Crippen LogP contribution in [0.1, 0.15) is 36.8 Å². The molecule has 1 aromatic heterocycles. The standard InChI is InChI=1S/C19H18FNO6/c1-9(2)25-19(24)15-14(10-4-3-5-11(20)6-10)17-16(27-18(15)21)13(23)7-12(8-22)26-17/h3-7,9,14,22H,8,21H2,1-2H3. The van der Waals surface area contributed by atoms with Gasteiger partial charge in [-0.3, -0.25) is 4.79 Å². The number of carbonyl (C=O) groups excluding carboxylic acids is 1. The number of carbonyl (C=O) groups is 1. The van der Waals surface area contributed by atoms with Crippen molar-refractivity contribution in [2.45, 2.75) is 32.5 Å². The molecule has 1 unspecified atom stereocenters. The van der Waals surface area contributed by atoms with E-state index in [0.717, 1.165) is 6.07 Å². The SMILES string of the molecule is CC(C)OC(=O)C1=C(N)Oc2c(oc(CO)cc2=O)C1c1cccc(F)c1. The average Bonchev–Trinajstić information content (AvgIpc) is 2.60. The van der Waals surface area contributed by atoms with Crippen molar-refractivity contribution in [1.82, 2.24) is 0 Å². The number of halogens is 1. The van der Waals surface area contributed by atoms with Crippen molar-refractivity contribution >= 4 is 5.97 Å². The predicted molar refractivity (Wildman–Crippen MR) is 92.2 cm³/mol. The molecule has 0 aliphatic carbocycles. The molecule has 3 N–H and O–H groups in total. The molecule has 2 aromatic rings. The Bertz CT molecular complexity index is 978. The molecule has 0 saturated heterocycles. The Morgan fingerprint density at radius 1 is 1.37 bits per heavy atom. The zero-order valence-corrected chi connectivity index (χ0v) is 14.7. The molecule has 2 heterocycles. The van der Waals surface area contributed by atoms with Gasteiger partial charge >= 0.3 is 5.97 Å². The number of esters is 1. The quantitative estimate of drug-likeness (QED) is 0.785. The summed E-state index contributed by atoms with van der Waals surface area (Å²) in [7, 11) is 0. The lowest BCUT2D eigenvalue weighted by atomic mass is 9.86. The molecule has 0 radical (unpaired) electrons. The van der Waals surface area contributed by atoms with Crippen molar-refractivity contribution in [3.63, 3.8) is 0 Å². The minimum Gasteiger partial charge on any atom is -0.459 e. The first-order valence-electron chi connectivity index (χ1n) is 8.23. The van der Waals surface area contributed by atoms with Crippen molar-refractivity contribution in [3.8, 4) is 5.75 Å². The topological polar surface area (TPSA) is 112 Å². The number of benzene rings is 1. The summed E-state index contributed by atoms with van der Waals surface area (Å²) in [6.07, 6.45) is -0.442. The summed E-state index contributed by atoms with van der Waals surface area (Å²) in [5.41, 5.74) is 5.53. The Hall–Kier alpha value is -3.13. The highest BCUT2D eigenvalue weighted by Gasteiger charge is 2.39. The van der Waals surface area contributed by atoms with Gasteiger partial charge in [0.25, 0.3) is 0 Å². The molecule has 27 heavy (non-hydrogen) atoms. The van der Waals surface area contributed by atoms with E-state index in [1.54, 1.807) is 19.9 Å². The number of ether oxygens (including phenoxy) is 2. The minimum atomic E-state index is -1.03. The van der Waals surface area contributed by atoms with Crippen molar-refractivity contribution < 1.29 is 28.2 Å². The smallest absolute Gasteiger partial charge is 0.340 e. The van der Waals surface area contributed by atoms with Crippen LogP contribution in [0.15, 0.2) is 51.0 Å². The van der Waals surface area contributed by atoms with E-state index in [-0.39, 0.29) is 28.7 Å². The Balaban J connectivity index is 2.26. The number of aliphatic hydroxyl groups excluding tert-OH is 1. The molecule has 0 fully saturated rings. The van der Waals surface area contributed by atoms with Crippen LogP contribution in [0.5, 0.6) is 5.75 Å². The lowest BCUT2D eigenvalue weighted by Crippen LogP contribution is -2.31. The second-order valence-electron chi connectivity index (χ2n) is 6.25. The van der Waals surface area contributed by atoms with E-state index in [1.165, 1.54) is 18.2 Å². The molecule has 8 heteroatoms. The number of rotatable bonds is 4. The second-order valence-corrected chi connectivity index (χ2v) is 6.25. The maximum absolute atomic E-state index is 13.8. The van der Waals surface area contributed by atoms with Crippen molar-refractivity contribution in [3.05, 3.63) is 74.9 Å². The molecule has 0 amide bonds. The van der Waals surface area contributed by atoms with Gasteiger partial charge in [0.1, 0.15) is 23.8 Å².